The molecule has 68 valence electrons. The van der Waals surface area contributed by atoms with Gasteiger partial charge in [-0.15, -0.1) is 0 Å². The molecule has 0 atom stereocenters. The molecule has 1 heteroatoms. The highest BCUT2D eigenvalue weighted by Crippen LogP contribution is 2.24. The van der Waals surface area contributed by atoms with Crippen molar-refractivity contribution < 1.29 is 0 Å². The van der Waals surface area contributed by atoms with Crippen molar-refractivity contribution in [2.24, 2.45) is 0 Å². The van der Waals surface area contributed by atoms with Gasteiger partial charge in [-0.3, -0.25) is 0 Å². The van der Waals surface area contributed by atoms with Crippen LogP contribution in [0.1, 0.15) is 59.3 Å². The summed E-state index contributed by atoms with van der Waals surface area (Å²) < 4.78 is 0.518. The standard InChI is InChI=1S/C10H21I/c1-4-5-6-7-8-9-10(2,3)11/h4-9H2,1-3H3. The molecule has 0 unspecified atom stereocenters. The third-order valence-corrected chi connectivity index (χ3v) is 2.41. The van der Waals surface area contributed by atoms with Gasteiger partial charge in [0, 0.05) is 3.42 Å². The van der Waals surface area contributed by atoms with Crippen LogP contribution in [0.5, 0.6) is 0 Å². The van der Waals surface area contributed by atoms with Crippen molar-refractivity contribution >= 4 is 22.6 Å². The van der Waals surface area contributed by atoms with Crippen LogP contribution < -0.4 is 0 Å². The van der Waals surface area contributed by atoms with Crippen molar-refractivity contribution in [1.82, 2.24) is 0 Å². The lowest BCUT2D eigenvalue weighted by Gasteiger charge is -2.15. The number of alkyl halides is 1. The van der Waals surface area contributed by atoms with E-state index in [2.05, 4.69) is 43.4 Å². The van der Waals surface area contributed by atoms with E-state index >= 15 is 0 Å². The number of hydrogen-bond acceptors (Lipinski definition) is 0. The van der Waals surface area contributed by atoms with Crippen molar-refractivity contribution in [3.8, 4) is 0 Å². The molecule has 0 amide bonds. The van der Waals surface area contributed by atoms with Gasteiger partial charge in [-0.05, 0) is 6.42 Å². The molecule has 0 radical (unpaired) electrons. The molecule has 0 saturated carbocycles. The van der Waals surface area contributed by atoms with Crippen LogP contribution in [0.25, 0.3) is 0 Å². The van der Waals surface area contributed by atoms with Crippen LogP contribution in [-0.4, -0.2) is 3.42 Å². The summed E-state index contributed by atoms with van der Waals surface area (Å²) in [4.78, 5) is 0. The van der Waals surface area contributed by atoms with Gasteiger partial charge in [0.1, 0.15) is 0 Å². The van der Waals surface area contributed by atoms with Crippen molar-refractivity contribution in [2.45, 2.75) is 62.7 Å². The molecule has 11 heavy (non-hydrogen) atoms. The second-order valence-corrected chi connectivity index (χ2v) is 6.80. The maximum atomic E-state index is 2.54. The van der Waals surface area contributed by atoms with Gasteiger partial charge in [0.05, 0.1) is 0 Å². The second kappa shape index (κ2) is 6.27. The summed E-state index contributed by atoms with van der Waals surface area (Å²) in [5, 5.41) is 0. The van der Waals surface area contributed by atoms with Crippen LogP contribution in [0.3, 0.4) is 0 Å². The van der Waals surface area contributed by atoms with Crippen LogP contribution in [0.15, 0.2) is 0 Å². The SMILES string of the molecule is CCCCCCCC(C)(C)I. The lowest BCUT2D eigenvalue weighted by Crippen LogP contribution is -2.07. The Morgan fingerprint density at radius 3 is 2.00 bits per heavy atom. The van der Waals surface area contributed by atoms with E-state index in [1.54, 1.807) is 0 Å². The average molecular weight is 268 g/mol. The highest BCUT2D eigenvalue weighted by molar-refractivity contribution is 14.1. The van der Waals surface area contributed by atoms with E-state index < -0.39 is 0 Å². The number of rotatable bonds is 6. The molecule has 0 bridgehead atoms. The zero-order valence-corrected chi connectivity index (χ0v) is 10.3. The molecule has 0 aliphatic carbocycles. The third kappa shape index (κ3) is 10.7. The summed E-state index contributed by atoms with van der Waals surface area (Å²) in [6, 6.07) is 0. The van der Waals surface area contributed by atoms with E-state index in [0.29, 0.717) is 3.42 Å². The van der Waals surface area contributed by atoms with Gasteiger partial charge in [0.2, 0.25) is 0 Å². The van der Waals surface area contributed by atoms with Crippen LogP contribution in [0.2, 0.25) is 0 Å². The van der Waals surface area contributed by atoms with Gasteiger partial charge in [-0.2, -0.15) is 0 Å². The lowest BCUT2D eigenvalue weighted by molar-refractivity contribution is 0.563. The minimum Gasteiger partial charge on any atom is -0.0795 e. The summed E-state index contributed by atoms with van der Waals surface area (Å²) in [6.07, 6.45) is 8.42. The molecule has 0 aromatic heterocycles. The predicted octanol–water partition coefficient (Wildman–Crippen LogP) is 4.56. The number of hydrogen-bond donors (Lipinski definition) is 0. The first-order valence-corrected chi connectivity index (χ1v) is 5.83. The normalized spacial score (nSPS) is 12.0. The average Bonchev–Trinajstić information content (AvgIpc) is 1.85. The first-order valence-electron chi connectivity index (χ1n) is 4.75. The molecule has 0 nitrogen and oxygen atoms in total. The number of unbranched alkanes of at least 4 members (excludes halogenated alkanes) is 4. The smallest absolute Gasteiger partial charge is 0.0166 e. The zero-order valence-electron chi connectivity index (χ0n) is 8.12. The molecule has 0 spiro atoms. The van der Waals surface area contributed by atoms with E-state index in [4.69, 9.17) is 0 Å². The topological polar surface area (TPSA) is 0 Å². The van der Waals surface area contributed by atoms with E-state index in [9.17, 15) is 0 Å². The van der Waals surface area contributed by atoms with Crippen molar-refractivity contribution in [1.29, 1.82) is 0 Å². The molecule has 0 N–H and O–H groups in total. The fraction of sp³-hybridized carbons (Fsp3) is 1.00. The van der Waals surface area contributed by atoms with Crippen molar-refractivity contribution in [3.63, 3.8) is 0 Å². The summed E-state index contributed by atoms with van der Waals surface area (Å²) >= 11 is 2.54. The molecule has 0 aromatic rings. The summed E-state index contributed by atoms with van der Waals surface area (Å²) in [5.74, 6) is 0. The van der Waals surface area contributed by atoms with Crippen molar-refractivity contribution in [2.75, 3.05) is 0 Å². The minimum atomic E-state index is 0.518. The van der Waals surface area contributed by atoms with E-state index in [1.165, 1.54) is 38.5 Å². The van der Waals surface area contributed by atoms with Crippen LogP contribution >= 0.6 is 22.6 Å². The van der Waals surface area contributed by atoms with Crippen LogP contribution in [-0.2, 0) is 0 Å². The number of halogens is 1. The Balaban J connectivity index is 3.02. The predicted molar refractivity (Wildman–Crippen MR) is 61.5 cm³/mol. The first kappa shape index (κ1) is 11.7. The first-order chi connectivity index (χ1) is 5.06. The van der Waals surface area contributed by atoms with Gasteiger partial charge in [-0.1, -0.05) is 75.5 Å². The minimum absolute atomic E-state index is 0.518. The van der Waals surface area contributed by atoms with Crippen LogP contribution in [0, 0.1) is 0 Å². The highest BCUT2D eigenvalue weighted by Gasteiger charge is 2.10. The van der Waals surface area contributed by atoms with Gasteiger partial charge in [-0.25, -0.2) is 0 Å². The fourth-order valence-corrected chi connectivity index (χ4v) is 1.53. The molecule has 0 heterocycles. The maximum absolute atomic E-state index is 2.54. The third-order valence-electron chi connectivity index (χ3n) is 1.87. The molecule has 0 aliphatic heterocycles. The fourth-order valence-electron chi connectivity index (χ4n) is 1.15. The molecule has 0 aromatic carbocycles. The van der Waals surface area contributed by atoms with Gasteiger partial charge in [0.15, 0.2) is 0 Å². The largest absolute Gasteiger partial charge is 0.0795 e. The molecule has 0 saturated heterocycles. The monoisotopic (exact) mass is 268 g/mol. The highest BCUT2D eigenvalue weighted by atomic mass is 127. The Morgan fingerprint density at radius 2 is 1.55 bits per heavy atom. The Morgan fingerprint density at radius 1 is 1.00 bits per heavy atom. The van der Waals surface area contributed by atoms with Gasteiger partial charge >= 0.3 is 0 Å². The molecular formula is C10H21I. The van der Waals surface area contributed by atoms with E-state index in [0.717, 1.165) is 0 Å². The quantitative estimate of drug-likeness (QED) is 0.376. The molecule has 0 rings (SSSR count). The lowest BCUT2D eigenvalue weighted by atomic mass is 10.0. The Kier molecular flexibility index (Phi) is 6.68. The molecule has 0 aliphatic rings. The summed E-state index contributed by atoms with van der Waals surface area (Å²) in [6.45, 7) is 6.89. The van der Waals surface area contributed by atoms with Crippen molar-refractivity contribution in [3.05, 3.63) is 0 Å². The second-order valence-electron chi connectivity index (χ2n) is 3.88. The summed E-state index contributed by atoms with van der Waals surface area (Å²) in [7, 11) is 0. The summed E-state index contributed by atoms with van der Waals surface area (Å²) in [5.41, 5.74) is 0. The maximum Gasteiger partial charge on any atom is 0.0166 e. The van der Waals surface area contributed by atoms with Gasteiger partial charge < -0.3 is 0 Å². The Bertz CT molecular complexity index is 81.4. The van der Waals surface area contributed by atoms with E-state index in [1.807, 2.05) is 0 Å². The zero-order chi connectivity index (χ0) is 8.74. The van der Waals surface area contributed by atoms with Crippen LogP contribution in [0.4, 0.5) is 0 Å². The molecular weight excluding hydrogens is 247 g/mol. The van der Waals surface area contributed by atoms with E-state index in [-0.39, 0.29) is 0 Å². The molecule has 0 fully saturated rings. The van der Waals surface area contributed by atoms with Gasteiger partial charge in [0.25, 0.3) is 0 Å². The Hall–Kier alpha value is 0.730. The Labute approximate surface area is 85.3 Å².